The van der Waals surface area contributed by atoms with Crippen LogP contribution >= 0.6 is 0 Å². The highest BCUT2D eigenvalue weighted by molar-refractivity contribution is 5.46. The molecule has 0 spiro atoms. The summed E-state index contributed by atoms with van der Waals surface area (Å²) in [6.45, 7) is 4.37. The first kappa shape index (κ1) is 19.3. The average Bonchev–Trinajstić information content (AvgIpc) is 2.73. The molecule has 2 aromatic carbocycles. The van der Waals surface area contributed by atoms with E-state index in [2.05, 4.69) is 73.9 Å². The molecular formula is C27H30. The summed E-state index contributed by atoms with van der Waals surface area (Å²) >= 11 is 0. The van der Waals surface area contributed by atoms with E-state index in [0.717, 1.165) is 34.9 Å². The van der Waals surface area contributed by atoms with E-state index in [4.69, 9.17) is 0 Å². The van der Waals surface area contributed by atoms with Gasteiger partial charge in [0.2, 0.25) is 0 Å². The maximum atomic E-state index is 3.29. The van der Waals surface area contributed by atoms with Gasteiger partial charge in [-0.05, 0) is 79.5 Å². The highest BCUT2D eigenvalue weighted by Crippen LogP contribution is 2.37. The van der Waals surface area contributed by atoms with Gasteiger partial charge in [-0.15, -0.1) is 0 Å². The fraction of sp³-hybridized carbons (Fsp3) is 0.407. The van der Waals surface area contributed by atoms with Gasteiger partial charge in [-0.1, -0.05) is 62.5 Å². The molecule has 0 radical (unpaired) electrons. The van der Waals surface area contributed by atoms with Crippen LogP contribution in [0.25, 0.3) is 0 Å². The van der Waals surface area contributed by atoms with E-state index in [9.17, 15) is 0 Å². The van der Waals surface area contributed by atoms with Crippen molar-refractivity contribution in [3.05, 3.63) is 70.8 Å². The molecule has 2 aromatic rings. The smallest absolute Gasteiger partial charge is 0.0249 e. The third-order valence-electron chi connectivity index (χ3n) is 5.57. The van der Waals surface area contributed by atoms with Crippen LogP contribution in [0.1, 0.15) is 87.0 Å². The lowest BCUT2D eigenvalue weighted by atomic mass is 9.77. The molecule has 3 rings (SSSR count). The molecule has 0 unspecified atom stereocenters. The van der Waals surface area contributed by atoms with Crippen molar-refractivity contribution in [1.29, 1.82) is 0 Å². The first-order valence-electron chi connectivity index (χ1n) is 10.5. The average molecular weight is 355 g/mol. The van der Waals surface area contributed by atoms with Crippen molar-refractivity contribution >= 4 is 0 Å². The fourth-order valence-corrected chi connectivity index (χ4v) is 4.00. The molecule has 1 fully saturated rings. The second-order valence-corrected chi connectivity index (χ2v) is 7.61. The molecule has 27 heavy (non-hydrogen) atoms. The summed E-state index contributed by atoms with van der Waals surface area (Å²) in [5.41, 5.74) is 4.68. The lowest BCUT2D eigenvalue weighted by molar-refractivity contribution is 0.308. The van der Waals surface area contributed by atoms with Crippen LogP contribution in [0, 0.1) is 29.6 Å². The van der Waals surface area contributed by atoms with Crippen LogP contribution < -0.4 is 0 Å². The Labute approximate surface area is 165 Å². The third kappa shape index (κ3) is 5.77. The van der Waals surface area contributed by atoms with E-state index in [1.54, 1.807) is 0 Å². The summed E-state index contributed by atoms with van der Waals surface area (Å²) < 4.78 is 0. The molecule has 0 heteroatoms. The third-order valence-corrected chi connectivity index (χ3v) is 5.57. The Kier molecular flexibility index (Phi) is 7.19. The Balaban J connectivity index is 1.59. The second-order valence-electron chi connectivity index (χ2n) is 7.61. The molecule has 1 aliphatic carbocycles. The van der Waals surface area contributed by atoms with Gasteiger partial charge in [-0.2, -0.15) is 0 Å². The summed E-state index contributed by atoms with van der Waals surface area (Å²) in [7, 11) is 0. The van der Waals surface area contributed by atoms with Gasteiger partial charge in [0.1, 0.15) is 0 Å². The SMILES string of the molecule is CCC#Cc1ccc(C#Cc2ccc(C3CCC(CCC)CC3)cc2)cc1. The maximum absolute atomic E-state index is 3.29. The van der Waals surface area contributed by atoms with Gasteiger partial charge in [0.25, 0.3) is 0 Å². The lowest BCUT2D eigenvalue weighted by Crippen LogP contribution is -2.13. The zero-order chi connectivity index (χ0) is 18.9. The summed E-state index contributed by atoms with van der Waals surface area (Å²) in [6, 6.07) is 17.1. The molecule has 1 aliphatic rings. The molecule has 0 aliphatic heterocycles. The second kappa shape index (κ2) is 10.0. The normalized spacial score (nSPS) is 18.7. The molecule has 0 N–H and O–H groups in total. The van der Waals surface area contributed by atoms with E-state index in [0.29, 0.717) is 0 Å². The van der Waals surface area contributed by atoms with E-state index < -0.39 is 0 Å². The Morgan fingerprint density at radius 2 is 1.22 bits per heavy atom. The van der Waals surface area contributed by atoms with Gasteiger partial charge in [0, 0.05) is 23.1 Å². The first-order chi connectivity index (χ1) is 13.3. The standard InChI is InChI=1S/C27H30/c1-3-5-7-23-8-10-24(11-9-23)12-13-25-16-20-27(21-17-25)26-18-14-22(6-4-2)15-19-26/h8-11,16-17,20-22,26H,3-4,6,14-15,18-19H2,1-2H3. The largest absolute Gasteiger partial charge is 0.0982 e. The minimum Gasteiger partial charge on any atom is -0.0982 e. The van der Waals surface area contributed by atoms with Crippen molar-refractivity contribution in [2.75, 3.05) is 0 Å². The number of rotatable bonds is 3. The molecule has 138 valence electrons. The van der Waals surface area contributed by atoms with Crippen LogP contribution in [0.3, 0.4) is 0 Å². The lowest BCUT2D eigenvalue weighted by Gasteiger charge is -2.28. The minimum atomic E-state index is 0.747. The van der Waals surface area contributed by atoms with Crippen molar-refractivity contribution in [1.82, 2.24) is 0 Å². The Morgan fingerprint density at radius 3 is 1.74 bits per heavy atom. The van der Waals surface area contributed by atoms with Crippen LogP contribution in [0.2, 0.25) is 0 Å². The van der Waals surface area contributed by atoms with Crippen LogP contribution in [-0.4, -0.2) is 0 Å². The van der Waals surface area contributed by atoms with Gasteiger partial charge in [-0.25, -0.2) is 0 Å². The molecule has 1 saturated carbocycles. The molecule has 0 bridgehead atoms. The summed E-state index contributed by atoms with van der Waals surface area (Å²) in [5, 5.41) is 0. The summed E-state index contributed by atoms with van der Waals surface area (Å²) in [4.78, 5) is 0. The van der Waals surface area contributed by atoms with Crippen molar-refractivity contribution in [2.24, 2.45) is 5.92 Å². The summed E-state index contributed by atoms with van der Waals surface area (Å²) in [6.07, 6.45) is 9.13. The van der Waals surface area contributed by atoms with Crippen LogP contribution in [0.15, 0.2) is 48.5 Å². The molecule has 0 saturated heterocycles. The van der Waals surface area contributed by atoms with Gasteiger partial charge in [-0.3, -0.25) is 0 Å². The Morgan fingerprint density at radius 1 is 0.704 bits per heavy atom. The van der Waals surface area contributed by atoms with Gasteiger partial charge >= 0.3 is 0 Å². The van der Waals surface area contributed by atoms with Crippen LogP contribution in [0.4, 0.5) is 0 Å². The molecule has 0 amide bonds. The van der Waals surface area contributed by atoms with Gasteiger partial charge in [0.15, 0.2) is 0 Å². The van der Waals surface area contributed by atoms with Crippen LogP contribution in [-0.2, 0) is 0 Å². The Hall–Kier alpha value is -2.44. The zero-order valence-corrected chi connectivity index (χ0v) is 16.7. The van der Waals surface area contributed by atoms with Crippen molar-refractivity contribution in [3.8, 4) is 23.7 Å². The van der Waals surface area contributed by atoms with E-state index in [1.807, 2.05) is 12.1 Å². The predicted octanol–water partition coefficient (Wildman–Crippen LogP) is 6.92. The van der Waals surface area contributed by atoms with Crippen LogP contribution in [0.5, 0.6) is 0 Å². The predicted molar refractivity (Wildman–Crippen MR) is 116 cm³/mol. The topological polar surface area (TPSA) is 0 Å². The number of benzene rings is 2. The minimum absolute atomic E-state index is 0.747. The van der Waals surface area contributed by atoms with Crippen molar-refractivity contribution in [2.45, 2.75) is 64.7 Å². The highest BCUT2D eigenvalue weighted by atomic mass is 14.3. The monoisotopic (exact) mass is 354 g/mol. The first-order valence-corrected chi connectivity index (χ1v) is 10.5. The maximum Gasteiger partial charge on any atom is 0.0249 e. The zero-order valence-electron chi connectivity index (χ0n) is 16.7. The molecule has 0 heterocycles. The number of hydrogen-bond donors (Lipinski definition) is 0. The van der Waals surface area contributed by atoms with E-state index >= 15 is 0 Å². The highest BCUT2D eigenvalue weighted by Gasteiger charge is 2.21. The Bertz CT molecular complexity index is 823. The molecule has 0 aromatic heterocycles. The number of hydrogen-bond acceptors (Lipinski definition) is 0. The van der Waals surface area contributed by atoms with E-state index in [-0.39, 0.29) is 0 Å². The van der Waals surface area contributed by atoms with Crippen molar-refractivity contribution in [3.63, 3.8) is 0 Å². The van der Waals surface area contributed by atoms with Crippen molar-refractivity contribution < 1.29 is 0 Å². The van der Waals surface area contributed by atoms with Gasteiger partial charge < -0.3 is 0 Å². The van der Waals surface area contributed by atoms with Gasteiger partial charge in [0.05, 0.1) is 0 Å². The fourth-order valence-electron chi connectivity index (χ4n) is 4.00. The molecule has 0 atom stereocenters. The molecular weight excluding hydrogens is 324 g/mol. The quantitative estimate of drug-likeness (QED) is 0.525. The molecule has 0 nitrogen and oxygen atoms in total. The summed E-state index contributed by atoms with van der Waals surface area (Å²) in [5.74, 6) is 14.5. The van der Waals surface area contributed by atoms with E-state index in [1.165, 1.54) is 44.1 Å².